The second kappa shape index (κ2) is 8.36. The van der Waals surface area contributed by atoms with Gasteiger partial charge in [0.25, 0.3) is 5.91 Å². The quantitative estimate of drug-likeness (QED) is 0.835. The maximum Gasteiger partial charge on any atom is 0.406 e. The Bertz CT molecular complexity index is 724. The smallest absolute Gasteiger partial charge is 0.406 e. The second-order valence-electron chi connectivity index (χ2n) is 6.29. The highest BCUT2D eigenvalue weighted by molar-refractivity contribution is 5.97. The van der Waals surface area contributed by atoms with Gasteiger partial charge in [-0.2, -0.15) is 13.2 Å². The van der Waals surface area contributed by atoms with Gasteiger partial charge in [0.2, 0.25) is 5.91 Å². The number of piperidine rings is 1. The van der Waals surface area contributed by atoms with Gasteiger partial charge in [-0.05, 0) is 31.9 Å². The van der Waals surface area contributed by atoms with Crippen LogP contribution in [-0.4, -0.2) is 70.0 Å². The van der Waals surface area contributed by atoms with Gasteiger partial charge in [-0.1, -0.05) is 0 Å². The lowest BCUT2D eigenvalue weighted by atomic mass is 9.95. The number of alkyl halides is 3. The van der Waals surface area contributed by atoms with Crippen molar-refractivity contribution in [2.45, 2.75) is 25.9 Å². The van der Waals surface area contributed by atoms with Crippen LogP contribution in [0.15, 0.2) is 18.3 Å². The van der Waals surface area contributed by atoms with E-state index in [2.05, 4.69) is 4.98 Å². The lowest BCUT2D eigenvalue weighted by Gasteiger charge is -2.35. The molecule has 148 valence electrons. The molecule has 10 heteroatoms. The molecule has 27 heavy (non-hydrogen) atoms. The van der Waals surface area contributed by atoms with E-state index in [0.717, 1.165) is 11.0 Å². The lowest BCUT2D eigenvalue weighted by Crippen LogP contribution is -2.48. The number of aromatic nitrogens is 1. The minimum atomic E-state index is -4.49. The van der Waals surface area contributed by atoms with E-state index in [1.807, 2.05) is 0 Å². The molecule has 0 aliphatic carbocycles. The molecule has 0 bridgehead atoms. The summed E-state index contributed by atoms with van der Waals surface area (Å²) in [5, 5.41) is 8.97. The first-order chi connectivity index (χ1) is 12.6. The normalized spacial score (nSPS) is 17.5. The molecule has 1 atom stereocenters. The Labute approximate surface area is 153 Å². The van der Waals surface area contributed by atoms with Crippen molar-refractivity contribution in [3.05, 3.63) is 29.6 Å². The molecule has 2 amide bonds. The van der Waals surface area contributed by atoms with Gasteiger partial charge in [0.1, 0.15) is 12.2 Å². The van der Waals surface area contributed by atoms with E-state index in [9.17, 15) is 27.6 Å². The number of halogens is 3. The highest BCUT2D eigenvalue weighted by Gasteiger charge is 2.36. The Morgan fingerprint density at radius 1 is 1.37 bits per heavy atom. The van der Waals surface area contributed by atoms with Gasteiger partial charge in [-0.25, -0.2) is 9.78 Å². The molecule has 2 rings (SSSR count). The van der Waals surface area contributed by atoms with E-state index < -0.39 is 36.4 Å². The van der Waals surface area contributed by atoms with Crippen LogP contribution in [0, 0.1) is 5.92 Å². The summed E-state index contributed by atoms with van der Waals surface area (Å²) >= 11 is 0. The number of aromatic carboxylic acids is 1. The fourth-order valence-electron chi connectivity index (χ4n) is 3.05. The molecule has 1 N–H and O–H groups in total. The molecule has 0 aromatic carbocycles. The predicted molar refractivity (Wildman–Crippen MR) is 88.1 cm³/mol. The first-order valence-corrected chi connectivity index (χ1v) is 8.46. The number of amides is 2. The summed E-state index contributed by atoms with van der Waals surface area (Å²) in [7, 11) is 0. The molecule has 1 aromatic rings. The Morgan fingerprint density at radius 2 is 2.07 bits per heavy atom. The van der Waals surface area contributed by atoms with E-state index in [0.29, 0.717) is 19.4 Å². The van der Waals surface area contributed by atoms with Crippen LogP contribution in [0.4, 0.5) is 13.2 Å². The zero-order chi connectivity index (χ0) is 20.2. The van der Waals surface area contributed by atoms with Gasteiger partial charge in [0, 0.05) is 31.4 Å². The van der Waals surface area contributed by atoms with Crippen LogP contribution in [0.25, 0.3) is 0 Å². The van der Waals surface area contributed by atoms with E-state index in [1.165, 1.54) is 24.1 Å². The van der Waals surface area contributed by atoms with Gasteiger partial charge in [0.15, 0.2) is 0 Å². The number of nitrogens with zero attached hydrogens (tertiary/aromatic N) is 3. The molecule has 0 radical (unpaired) electrons. The summed E-state index contributed by atoms with van der Waals surface area (Å²) in [5.74, 6) is -3.10. The van der Waals surface area contributed by atoms with E-state index in [1.54, 1.807) is 0 Å². The van der Waals surface area contributed by atoms with Gasteiger partial charge < -0.3 is 14.9 Å². The van der Waals surface area contributed by atoms with Crippen molar-refractivity contribution in [2.24, 2.45) is 5.92 Å². The monoisotopic (exact) mass is 387 g/mol. The molecule has 1 saturated heterocycles. The Kier molecular flexibility index (Phi) is 6.40. The van der Waals surface area contributed by atoms with Crippen molar-refractivity contribution in [3.63, 3.8) is 0 Å². The fraction of sp³-hybridized carbons (Fsp3) is 0.529. The van der Waals surface area contributed by atoms with E-state index in [-0.39, 0.29) is 24.3 Å². The number of rotatable bonds is 5. The van der Waals surface area contributed by atoms with Crippen LogP contribution in [0.2, 0.25) is 0 Å². The minimum absolute atomic E-state index is 0.00322. The Hall–Kier alpha value is -2.65. The topological polar surface area (TPSA) is 90.8 Å². The maximum atomic E-state index is 12.6. The molecule has 0 spiro atoms. The predicted octanol–water partition coefficient (Wildman–Crippen LogP) is 2.04. The Morgan fingerprint density at radius 3 is 2.67 bits per heavy atom. The first kappa shape index (κ1) is 20.7. The second-order valence-corrected chi connectivity index (χ2v) is 6.29. The summed E-state index contributed by atoms with van der Waals surface area (Å²) in [4.78, 5) is 41.8. The van der Waals surface area contributed by atoms with Crippen LogP contribution < -0.4 is 0 Å². The summed E-state index contributed by atoms with van der Waals surface area (Å²) in [6.07, 6.45) is -2.41. The average Bonchev–Trinajstić information content (AvgIpc) is 2.64. The third kappa shape index (κ3) is 5.41. The zero-order valence-electron chi connectivity index (χ0n) is 14.7. The summed E-state index contributed by atoms with van der Waals surface area (Å²) in [5.41, 5.74) is -0.175. The van der Waals surface area contributed by atoms with Gasteiger partial charge in [0.05, 0.1) is 5.92 Å². The number of carbonyl (C=O) groups excluding carboxylic acids is 2. The van der Waals surface area contributed by atoms with Crippen molar-refractivity contribution >= 4 is 17.8 Å². The summed E-state index contributed by atoms with van der Waals surface area (Å²) < 4.78 is 37.9. The molecule has 1 aliphatic rings. The molecule has 1 aliphatic heterocycles. The highest BCUT2D eigenvalue weighted by atomic mass is 19.4. The number of pyridine rings is 1. The number of hydrogen-bond acceptors (Lipinski definition) is 4. The third-order valence-electron chi connectivity index (χ3n) is 4.35. The highest BCUT2D eigenvalue weighted by Crippen LogP contribution is 2.23. The standard InChI is InChI=1S/C17H20F3N3O4/c1-2-22(10-17(18,19)20)15(25)12-4-3-7-23(9-12)14(24)11-5-6-21-13(8-11)16(26)27/h5-6,8,12H,2-4,7,9-10H2,1H3,(H,26,27). The largest absolute Gasteiger partial charge is 0.477 e. The van der Waals surface area contributed by atoms with Crippen molar-refractivity contribution in [1.29, 1.82) is 0 Å². The molecular formula is C17H20F3N3O4. The fourth-order valence-corrected chi connectivity index (χ4v) is 3.05. The zero-order valence-corrected chi connectivity index (χ0v) is 14.7. The van der Waals surface area contributed by atoms with Crippen molar-refractivity contribution in [2.75, 3.05) is 26.2 Å². The van der Waals surface area contributed by atoms with Crippen LogP contribution in [0.1, 0.15) is 40.6 Å². The molecule has 7 nitrogen and oxygen atoms in total. The van der Waals surface area contributed by atoms with Crippen LogP contribution in [0.3, 0.4) is 0 Å². The number of carboxylic acid groups (broad SMARTS) is 1. The molecule has 1 aromatic heterocycles. The number of carbonyl (C=O) groups is 3. The van der Waals surface area contributed by atoms with Crippen molar-refractivity contribution in [1.82, 2.24) is 14.8 Å². The Balaban J connectivity index is 2.10. The van der Waals surface area contributed by atoms with Crippen molar-refractivity contribution < 1.29 is 32.7 Å². The average molecular weight is 387 g/mol. The van der Waals surface area contributed by atoms with Crippen molar-refractivity contribution in [3.8, 4) is 0 Å². The van der Waals surface area contributed by atoms with Gasteiger partial charge >= 0.3 is 12.1 Å². The van der Waals surface area contributed by atoms with Gasteiger partial charge in [-0.3, -0.25) is 9.59 Å². The lowest BCUT2D eigenvalue weighted by molar-refractivity contribution is -0.164. The molecule has 0 saturated carbocycles. The van der Waals surface area contributed by atoms with Crippen LogP contribution >= 0.6 is 0 Å². The molecule has 2 heterocycles. The summed E-state index contributed by atoms with van der Waals surface area (Å²) in [6, 6.07) is 2.50. The van der Waals surface area contributed by atoms with Crippen LogP contribution in [-0.2, 0) is 4.79 Å². The summed E-state index contributed by atoms with van der Waals surface area (Å²) in [6.45, 7) is 0.420. The number of likely N-dealkylation sites (tertiary alicyclic amines) is 1. The number of carboxylic acids is 1. The molecular weight excluding hydrogens is 367 g/mol. The molecule has 1 fully saturated rings. The van der Waals surface area contributed by atoms with E-state index >= 15 is 0 Å². The SMILES string of the molecule is CCN(CC(F)(F)F)C(=O)C1CCCN(C(=O)c2ccnc(C(=O)O)c2)C1. The minimum Gasteiger partial charge on any atom is -0.477 e. The van der Waals surface area contributed by atoms with Crippen LogP contribution in [0.5, 0.6) is 0 Å². The van der Waals surface area contributed by atoms with Gasteiger partial charge in [-0.15, -0.1) is 0 Å². The van der Waals surface area contributed by atoms with E-state index in [4.69, 9.17) is 5.11 Å². The third-order valence-corrected chi connectivity index (χ3v) is 4.35. The maximum absolute atomic E-state index is 12.6. The number of hydrogen-bond donors (Lipinski definition) is 1. The first-order valence-electron chi connectivity index (χ1n) is 8.46. The molecule has 1 unspecified atom stereocenters.